The van der Waals surface area contributed by atoms with E-state index in [1.54, 1.807) is 12.1 Å². The topological polar surface area (TPSA) is 75.7 Å². The maximum atomic E-state index is 12.1. The van der Waals surface area contributed by atoms with Crippen LogP contribution in [-0.4, -0.2) is 40.3 Å². The lowest BCUT2D eigenvalue weighted by molar-refractivity contribution is -0.121. The quantitative estimate of drug-likeness (QED) is 0.544. The fourth-order valence-electron chi connectivity index (χ4n) is 2.69. The Bertz CT molecular complexity index is 951. The van der Waals surface area contributed by atoms with Crippen molar-refractivity contribution in [3.63, 3.8) is 0 Å². The first-order chi connectivity index (χ1) is 13.7. The summed E-state index contributed by atoms with van der Waals surface area (Å²) in [5.74, 6) is 0.611. The van der Waals surface area contributed by atoms with Crippen LogP contribution in [0.2, 0.25) is 10.0 Å². The second-order valence-corrected chi connectivity index (χ2v) is 9.25. The molecule has 0 aliphatic heterocycles. The van der Waals surface area contributed by atoms with E-state index in [-0.39, 0.29) is 23.9 Å². The number of nitrogens with zero attached hydrogens (tertiary/aromatic N) is 1. The van der Waals surface area contributed by atoms with Crippen LogP contribution >= 0.6 is 23.2 Å². The van der Waals surface area contributed by atoms with Crippen LogP contribution in [0, 0.1) is 6.92 Å². The Morgan fingerprint density at radius 1 is 1.17 bits per heavy atom. The summed E-state index contributed by atoms with van der Waals surface area (Å²) in [6.07, 6.45) is 1.62. The Morgan fingerprint density at radius 3 is 2.55 bits per heavy atom. The Labute approximate surface area is 181 Å². The van der Waals surface area contributed by atoms with Gasteiger partial charge in [-0.05, 0) is 43.2 Å². The average Bonchev–Trinajstić information content (AvgIpc) is 2.63. The molecule has 29 heavy (non-hydrogen) atoms. The molecule has 0 heterocycles. The van der Waals surface area contributed by atoms with Crippen LogP contribution < -0.4 is 14.4 Å². The Balaban J connectivity index is 1.80. The molecule has 0 bridgehead atoms. The number of hydrogen-bond acceptors (Lipinski definition) is 4. The van der Waals surface area contributed by atoms with Crippen molar-refractivity contribution in [2.45, 2.75) is 19.8 Å². The first kappa shape index (κ1) is 23.3. The van der Waals surface area contributed by atoms with Crippen molar-refractivity contribution in [2.75, 3.05) is 30.3 Å². The zero-order chi connectivity index (χ0) is 21.4. The van der Waals surface area contributed by atoms with Crippen molar-refractivity contribution in [3.8, 4) is 5.75 Å². The van der Waals surface area contributed by atoms with Crippen molar-refractivity contribution in [1.82, 2.24) is 5.32 Å². The van der Waals surface area contributed by atoms with E-state index in [1.807, 2.05) is 31.2 Å². The SMILES string of the molecule is Cc1ccccc1OCCNC(=O)CCCN(c1ccc(Cl)cc1Cl)S(C)(=O)=O. The number of benzene rings is 2. The maximum absolute atomic E-state index is 12.1. The minimum Gasteiger partial charge on any atom is -0.491 e. The van der Waals surface area contributed by atoms with Gasteiger partial charge >= 0.3 is 0 Å². The molecule has 0 fully saturated rings. The number of para-hydroxylation sites is 1. The number of ether oxygens (including phenoxy) is 1. The van der Waals surface area contributed by atoms with Crippen LogP contribution in [-0.2, 0) is 14.8 Å². The molecule has 1 amide bonds. The zero-order valence-electron chi connectivity index (χ0n) is 16.3. The molecule has 158 valence electrons. The fourth-order valence-corrected chi connectivity index (χ4v) is 4.23. The first-order valence-electron chi connectivity index (χ1n) is 9.06. The van der Waals surface area contributed by atoms with Gasteiger partial charge < -0.3 is 10.1 Å². The average molecular weight is 459 g/mol. The van der Waals surface area contributed by atoms with Gasteiger partial charge in [0.1, 0.15) is 12.4 Å². The molecule has 0 radical (unpaired) electrons. The van der Waals surface area contributed by atoms with Gasteiger partial charge in [-0.2, -0.15) is 0 Å². The Hall–Kier alpha value is -1.96. The number of amides is 1. The summed E-state index contributed by atoms with van der Waals surface area (Å²) >= 11 is 12.0. The van der Waals surface area contributed by atoms with Crippen molar-refractivity contribution >= 4 is 44.8 Å². The van der Waals surface area contributed by atoms with E-state index in [4.69, 9.17) is 27.9 Å². The molecule has 0 atom stereocenters. The highest BCUT2D eigenvalue weighted by molar-refractivity contribution is 7.92. The molecule has 2 aromatic carbocycles. The van der Waals surface area contributed by atoms with E-state index >= 15 is 0 Å². The van der Waals surface area contributed by atoms with Gasteiger partial charge in [-0.3, -0.25) is 9.10 Å². The molecule has 0 saturated heterocycles. The number of sulfonamides is 1. The molecule has 0 aliphatic carbocycles. The van der Waals surface area contributed by atoms with Gasteiger partial charge in [-0.1, -0.05) is 41.4 Å². The second kappa shape index (κ2) is 10.7. The normalized spacial score (nSPS) is 11.2. The molecular formula is C20H24Cl2N2O4S. The van der Waals surface area contributed by atoms with Crippen LogP contribution in [0.4, 0.5) is 5.69 Å². The molecule has 0 aromatic heterocycles. The van der Waals surface area contributed by atoms with E-state index in [0.29, 0.717) is 30.3 Å². The number of nitrogens with one attached hydrogen (secondary N) is 1. The Kier molecular flexibility index (Phi) is 8.61. The van der Waals surface area contributed by atoms with Gasteiger partial charge in [0.25, 0.3) is 0 Å². The van der Waals surface area contributed by atoms with Gasteiger partial charge in [-0.25, -0.2) is 8.42 Å². The van der Waals surface area contributed by atoms with Crippen molar-refractivity contribution < 1.29 is 17.9 Å². The van der Waals surface area contributed by atoms with Crippen LogP contribution in [0.3, 0.4) is 0 Å². The highest BCUT2D eigenvalue weighted by Crippen LogP contribution is 2.30. The number of aryl methyl sites for hydroxylation is 1. The van der Waals surface area contributed by atoms with Crippen LogP contribution in [0.15, 0.2) is 42.5 Å². The summed E-state index contributed by atoms with van der Waals surface area (Å²) in [6, 6.07) is 12.3. The lowest BCUT2D eigenvalue weighted by Crippen LogP contribution is -2.33. The van der Waals surface area contributed by atoms with Gasteiger partial charge in [0.15, 0.2) is 0 Å². The molecule has 0 unspecified atom stereocenters. The van der Waals surface area contributed by atoms with Crippen molar-refractivity contribution in [1.29, 1.82) is 0 Å². The van der Waals surface area contributed by atoms with E-state index in [9.17, 15) is 13.2 Å². The van der Waals surface area contributed by atoms with Gasteiger partial charge in [-0.15, -0.1) is 0 Å². The summed E-state index contributed by atoms with van der Waals surface area (Å²) in [7, 11) is -3.55. The second-order valence-electron chi connectivity index (χ2n) is 6.50. The predicted octanol–water partition coefficient (Wildman–Crippen LogP) is 4.04. The smallest absolute Gasteiger partial charge is 0.232 e. The van der Waals surface area contributed by atoms with Crippen molar-refractivity contribution in [2.24, 2.45) is 0 Å². The lowest BCUT2D eigenvalue weighted by Gasteiger charge is -2.23. The third kappa shape index (κ3) is 7.42. The summed E-state index contributed by atoms with van der Waals surface area (Å²) in [4.78, 5) is 12.0. The molecule has 2 rings (SSSR count). The molecule has 6 nitrogen and oxygen atoms in total. The summed E-state index contributed by atoms with van der Waals surface area (Å²) in [5, 5.41) is 3.42. The number of hydrogen-bond donors (Lipinski definition) is 1. The monoisotopic (exact) mass is 458 g/mol. The molecule has 0 saturated carbocycles. The molecule has 0 aliphatic rings. The summed E-state index contributed by atoms with van der Waals surface area (Å²) in [6.45, 7) is 2.81. The zero-order valence-corrected chi connectivity index (χ0v) is 18.6. The van der Waals surface area contributed by atoms with Gasteiger partial charge in [0, 0.05) is 18.0 Å². The highest BCUT2D eigenvalue weighted by atomic mass is 35.5. The fraction of sp³-hybridized carbons (Fsp3) is 0.350. The molecule has 2 aromatic rings. The van der Waals surface area contributed by atoms with E-state index < -0.39 is 10.0 Å². The maximum Gasteiger partial charge on any atom is 0.232 e. The molecule has 1 N–H and O–H groups in total. The molecule has 9 heteroatoms. The van der Waals surface area contributed by atoms with E-state index in [2.05, 4.69) is 5.32 Å². The van der Waals surface area contributed by atoms with Gasteiger partial charge in [0.2, 0.25) is 15.9 Å². The largest absolute Gasteiger partial charge is 0.491 e. The van der Waals surface area contributed by atoms with Gasteiger partial charge in [0.05, 0.1) is 23.5 Å². The highest BCUT2D eigenvalue weighted by Gasteiger charge is 2.20. The van der Waals surface area contributed by atoms with Crippen LogP contribution in [0.25, 0.3) is 0 Å². The van der Waals surface area contributed by atoms with E-state index in [0.717, 1.165) is 17.6 Å². The minimum atomic E-state index is -3.55. The number of carbonyl (C=O) groups excluding carboxylic acids is 1. The summed E-state index contributed by atoms with van der Waals surface area (Å²) in [5.41, 5.74) is 1.37. The van der Waals surface area contributed by atoms with Crippen LogP contribution in [0.5, 0.6) is 5.75 Å². The van der Waals surface area contributed by atoms with E-state index in [1.165, 1.54) is 10.4 Å². The Morgan fingerprint density at radius 2 is 1.90 bits per heavy atom. The predicted molar refractivity (Wildman–Crippen MR) is 118 cm³/mol. The molecular weight excluding hydrogens is 435 g/mol. The number of rotatable bonds is 10. The number of halogens is 2. The third-order valence-electron chi connectivity index (χ3n) is 4.12. The number of carbonyl (C=O) groups is 1. The molecule has 0 spiro atoms. The summed E-state index contributed by atoms with van der Waals surface area (Å²) < 4.78 is 31.1. The third-order valence-corrected chi connectivity index (χ3v) is 5.84. The first-order valence-corrected chi connectivity index (χ1v) is 11.7. The number of anilines is 1. The standard InChI is InChI=1S/C20H24Cl2N2O4S/c1-15-6-3-4-7-19(15)28-13-11-23-20(25)8-5-12-24(29(2,26)27)18-10-9-16(21)14-17(18)22/h3-4,6-7,9-10,14H,5,8,11-13H2,1-2H3,(H,23,25). The minimum absolute atomic E-state index is 0.132. The van der Waals surface area contributed by atoms with Crippen LogP contribution in [0.1, 0.15) is 18.4 Å². The lowest BCUT2D eigenvalue weighted by atomic mass is 10.2. The van der Waals surface area contributed by atoms with Crippen molar-refractivity contribution in [3.05, 3.63) is 58.1 Å².